The molecule has 3 rings (SSSR count). The third-order valence-corrected chi connectivity index (χ3v) is 4.32. The zero-order valence-electron chi connectivity index (χ0n) is 13.2. The highest BCUT2D eigenvalue weighted by Gasteiger charge is 2.34. The Morgan fingerprint density at radius 1 is 1.39 bits per heavy atom. The predicted molar refractivity (Wildman–Crippen MR) is 91.4 cm³/mol. The van der Waals surface area contributed by atoms with E-state index in [4.69, 9.17) is 16.6 Å². The van der Waals surface area contributed by atoms with Crippen LogP contribution in [-0.2, 0) is 0 Å². The molecule has 4 nitrogen and oxygen atoms in total. The van der Waals surface area contributed by atoms with E-state index < -0.39 is 0 Å². The molecule has 1 aliphatic heterocycles. The van der Waals surface area contributed by atoms with Crippen molar-refractivity contribution in [3.8, 4) is 6.07 Å². The van der Waals surface area contributed by atoms with Crippen LogP contribution in [0.1, 0.15) is 31.7 Å². The molecule has 23 heavy (non-hydrogen) atoms. The molecule has 0 N–H and O–H groups in total. The van der Waals surface area contributed by atoms with Crippen molar-refractivity contribution in [1.82, 2.24) is 0 Å². The van der Waals surface area contributed by atoms with Crippen molar-refractivity contribution in [2.24, 2.45) is 21.1 Å². The molecule has 0 saturated heterocycles. The molecule has 0 atom stereocenters. The van der Waals surface area contributed by atoms with Crippen molar-refractivity contribution in [3.63, 3.8) is 0 Å². The second kappa shape index (κ2) is 6.47. The van der Waals surface area contributed by atoms with Gasteiger partial charge in [-0.15, -0.1) is 0 Å². The summed E-state index contributed by atoms with van der Waals surface area (Å²) in [5.74, 6) is 0.555. The Kier molecular flexibility index (Phi) is 4.40. The average molecular weight is 325 g/mol. The van der Waals surface area contributed by atoms with Gasteiger partial charge in [-0.25, -0.2) is 0 Å². The zero-order valence-corrected chi connectivity index (χ0v) is 13.9. The molecule has 0 radical (unpaired) electrons. The van der Waals surface area contributed by atoms with Crippen LogP contribution in [0, 0.1) is 17.2 Å². The normalized spacial score (nSPS) is 19.0. The van der Waals surface area contributed by atoms with E-state index in [1.54, 1.807) is 14.0 Å². The molecule has 0 aromatic heterocycles. The van der Waals surface area contributed by atoms with Gasteiger partial charge in [-0.3, -0.25) is 4.99 Å². The highest BCUT2D eigenvalue weighted by molar-refractivity contribution is 6.31. The summed E-state index contributed by atoms with van der Waals surface area (Å²) in [5.41, 5.74) is 5.24. The van der Waals surface area contributed by atoms with Crippen LogP contribution in [0.3, 0.4) is 0 Å². The van der Waals surface area contributed by atoms with Crippen molar-refractivity contribution in [2.45, 2.75) is 26.2 Å². The van der Waals surface area contributed by atoms with E-state index in [9.17, 15) is 5.26 Å². The number of hydrogen-bond donors (Lipinski definition) is 0. The van der Waals surface area contributed by atoms with Crippen LogP contribution >= 0.6 is 11.6 Å². The first-order valence-electron chi connectivity index (χ1n) is 7.61. The summed E-state index contributed by atoms with van der Waals surface area (Å²) >= 11 is 6.10. The highest BCUT2D eigenvalue weighted by Crippen LogP contribution is 2.45. The fourth-order valence-electron chi connectivity index (χ4n) is 2.77. The van der Waals surface area contributed by atoms with Crippen molar-refractivity contribution < 1.29 is 0 Å². The van der Waals surface area contributed by atoms with Gasteiger partial charge in [0, 0.05) is 18.5 Å². The minimum atomic E-state index is 0.542. The molecule has 2 aliphatic rings. The van der Waals surface area contributed by atoms with Gasteiger partial charge in [0.25, 0.3) is 0 Å². The Morgan fingerprint density at radius 3 is 2.78 bits per heavy atom. The van der Waals surface area contributed by atoms with Gasteiger partial charge in [-0.05, 0) is 49.0 Å². The summed E-state index contributed by atoms with van der Waals surface area (Å²) in [4.78, 5) is 4.80. The molecule has 1 saturated carbocycles. The van der Waals surface area contributed by atoms with Gasteiger partial charge in [0.2, 0.25) is 0 Å². The molecule has 0 bridgehead atoms. The molecule has 1 aromatic rings. The van der Waals surface area contributed by atoms with E-state index in [1.807, 2.05) is 24.3 Å². The highest BCUT2D eigenvalue weighted by atomic mass is 35.5. The summed E-state index contributed by atoms with van der Waals surface area (Å²) in [7, 11) is 1.61. The van der Waals surface area contributed by atoms with E-state index >= 15 is 0 Å². The number of benzene rings is 1. The first-order valence-corrected chi connectivity index (χ1v) is 7.99. The summed E-state index contributed by atoms with van der Waals surface area (Å²) in [6.45, 7) is 1.76. The molecule has 1 aliphatic carbocycles. The first-order chi connectivity index (χ1) is 11.1. The smallest absolute Gasteiger partial charge is 0.124 e. The predicted octanol–water partition coefficient (Wildman–Crippen LogP) is 5.08. The van der Waals surface area contributed by atoms with E-state index in [0.717, 1.165) is 23.4 Å². The maximum atomic E-state index is 9.25. The number of azo groups is 1. The number of nitrogens with zero attached hydrogens (tertiary/aromatic N) is 4. The molecule has 0 unspecified atom stereocenters. The Morgan fingerprint density at radius 2 is 2.17 bits per heavy atom. The SMILES string of the molecule is C/N=N\C(C1=C(C2CC2)CC(c2cccc(Cl)c2)=N1)=C(/C)C#N. The summed E-state index contributed by atoms with van der Waals surface area (Å²) < 4.78 is 0. The number of rotatable bonds is 4. The summed E-state index contributed by atoms with van der Waals surface area (Å²) in [6, 6.07) is 9.89. The van der Waals surface area contributed by atoms with Crippen LogP contribution in [0.25, 0.3) is 0 Å². The van der Waals surface area contributed by atoms with Crippen molar-refractivity contribution in [2.75, 3.05) is 7.05 Å². The van der Waals surface area contributed by atoms with E-state index in [-0.39, 0.29) is 0 Å². The van der Waals surface area contributed by atoms with Crippen LogP contribution in [0.15, 0.2) is 62.0 Å². The largest absolute Gasteiger partial charge is 0.250 e. The minimum Gasteiger partial charge on any atom is -0.250 e. The molecule has 116 valence electrons. The number of nitriles is 1. The molecule has 1 heterocycles. The van der Waals surface area contributed by atoms with Gasteiger partial charge >= 0.3 is 0 Å². The lowest BCUT2D eigenvalue weighted by molar-refractivity contribution is 0.944. The van der Waals surface area contributed by atoms with E-state index in [1.165, 1.54) is 18.4 Å². The van der Waals surface area contributed by atoms with Crippen molar-refractivity contribution in [1.29, 1.82) is 5.26 Å². The lowest BCUT2D eigenvalue weighted by Gasteiger charge is -2.05. The minimum absolute atomic E-state index is 0.542. The van der Waals surface area contributed by atoms with Crippen LogP contribution in [-0.4, -0.2) is 12.8 Å². The van der Waals surface area contributed by atoms with Crippen LogP contribution < -0.4 is 0 Å². The number of halogens is 1. The van der Waals surface area contributed by atoms with Gasteiger partial charge in [-0.1, -0.05) is 23.7 Å². The Bertz CT molecular complexity index is 805. The van der Waals surface area contributed by atoms with Crippen molar-refractivity contribution >= 4 is 17.3 Å². The second-order valence-corrected chi connectivity index (χ2v) is 6.22. The van der Waals surface area contributed by atoms with E-state index in [2.05, 4.69) is 16.3 Å². The van der Waals surface area contributed by atoms with Gasteiger partial charge in [0.1, 0.15) is 5.70 Å². The molecule has 0 amide bonds. The summed E-state index contributed by atoms with van der Waals surface area (Å²) in [5, 5.41) is 18.0. The molecule has 5 heteroatoms. The molecule has 0 spiro atoms. The Labute approximate surface area is 140 Å². The maximum absolute atomic E-state index is 9.25. The molecular formula is C18H17ClN4. The fourth-order valence-corrected chi connectivity index (χ4v) is 2.96. The van der Waals surface area contributed by atoms with Gasteiger partial charge in [0.05, 0.1) is 23.1 Å². The lowest BCUT2D eigenvalue weighted by atomic mass is 9.99. The molecule has 1 fully saturated rings. The third-order valence-electron chi connectivity index (χ3n) is 4.08. The van der Waals surface area contributed by atoms with Crippen LogP contribution in [0.2, 0.25) is 5.02 Å². The fraction of sp³-hybridized carbons (Fsp3) is 0.333. The van der Waals surface area contributed by atoms with Gasteiger partial charge in [0.15, 0.2) is 0 Å². The third kappa shape index (κ3) is 3.25. The standard InChI is InChI=1S/C18H17ClN4/c1-11(10-20)17(23-21-2)18-15(12-6-7-12)9-16(22-18)13-4-3-5-14(19)8-13/h3-5,8,12H,6-7,9H2,1-2H3/b17-11+,23-21-. The maximum Gasteiger partial charge on any atom is 0.124 e. The van der Waals surface area contributed by atoms with Crippen LogP contribution in [0.5, 0.6) is 0 Å². The molecule has 1 aromatic carbocycles. The van der Waals surface area contributed by atoms with Crippen molar-refractivity contribution in [3.05, 3.63) is 57.4 Å². The topological polar surface area (TPSA) is 60.9 Å². The quantitative estimate of drug-likeness (QED) is 0.563. The van der Waals surface area contributed by atoms with Crippen LogP contribution in [0.4, 0.5) is 0 Å². The summed E-state index contributed by atoms with van der Waals surface area (Å²) in [6.07, 6.45) is 3.15. The monoisotopic (exact) mass is 324 g/mol. The Balaban J connectivity index is 2.06. The van der Waals surface area contributed by atoms with Gasteiger partial charge < -0.3 is 0 Å². The second-order valence-electron chi connectivity index (χ2n) is 5.78. The number of hydrogen-bond acceptors (Lipinski definition) is 4. The lowest BCUT2D eigenvalue weighted by Crippen LogP contribution is -1.98. The van der Waals surface area contributed by atoms with Gasteiger partial charge in [-0.2, -0.15) is 15.5 Å². The average Bonchev–Trinajstić information content (AvgIpc) is 3.31. The number of allylic oxidation sites excluding steroid dienone is 2. The Hall–Kier alpha value is -2.25. The first kappa shape index (κ1) is 15.6. The van der Waals surface area contributed by atoms with E-state index in [0.29, 0.717) is 22.2 Å². The molecular weight excluding hydrogens is 308 g/mol. The zero-order chi connectivity index (χ0) is 16.4. The number of aliphatic imine (C=N–C) groups is 1.